The Morgan fingerprint density at radius 1 is 1.17 bits per heavy atom. The van der Waals surface area contributed by atoms with Crippen molar-refractivity contribution in [3.05, 3.63) is 0 Å². The Bertz CT molecular complexity index is 265. The van der Waals surface area contributed by atoms with Gasteiger partial charge in [-0.2, -0.15) is 11.8 Å². The molecule has 1 aliphatic carbocycles. The number of rotatable bonds is 9. The molecule has 4 nitrogen and oxygen atoms in total. The fourth-order valence-electron chi connectivity index (χ4n) is 2.16. The van der Waals surface area contributed by atoms with Crippen molar-refractivity contribution < 1.29 is 14.7 Å². The van der Waals surface area contributed by atoms with E-state index in [0.717, 1.165) is 37.9 Å². The number of hydrogen-bond donors (Lipinski definition) is 2. The molecule has 1 amide bonds. The summed E-state index contributed by atoms with van der Waals surface area (Å²) in [6.07, 6.45) is 7.66. The van der Waals surface area contributed by atoms with Crippen molar-refractivity contribution in [2.75, 3.05) is 11.5 Å². The lowest BCUT2D eigenvalue weighted by Crippen LogP contribution is -2.33. The van der Waals surface area contributed by atoms with Crippen LogP contribution in [0.3, 0.4) is 0 Å². The van der Waals surface area contributed by atoms with Crippen LogP contribution in [0.2, 0.25) is 0 Å². The van der Waals surface area contributed by atoms with Gasteiger partial charge < -0.3 is 10.4 Å². The lowest BCUT2D eigenvalue weighted by molar-refractivity contribution is -0.137. The second-order valence-corrected chi connectivity index (χ2v) is 5.91. The Hall–Kier alpha value is -0.710. The summed E-state index contributed by atoms with van der Waals surface area (Å²) in [4.78, 5) is 21.9. The maximum Gasteiger partial charge on any atom is 0.303 e. The summed E-state index contributed by atoms with van der Waals surface area (Å²) in [6, 6.07) is 0.411. The van der Waals surface area contributed by atoms with Crippen molar-refractivity contribution in [2.45, 2.75) is 57.4 Å². The fourth-order valence-corrected chi connectivity index (χ4v) is 2.98. The van der Waals surface area contributed by atoms with Gasteiger partial charge >= 0.3 is 5.97 Å². The third kappa shape index (κ3) is 7.58. The Balaban J connectivity index is 1.87. The summed E-state index contributed by atoms with van der Waals surface area (Å²) in [7, 11) is 0. The van der Waals surface area contributed by atoms with Crippen LogP contribution in [-0.2, 0) is 9.59 Å². The van der Waals surface area contributed by atoms with Crippen LogP contribution in [-0.4, -0.2) is 34.5 Å². The van der Waals surface area contributed by atoms with Crippen LogP contribution in [0.4, 0.5) is 0 Å². The number of aliphatic carboxylic acids is 1. The van der Waals surface area contributed by atoms with Gasteiger partial charge in [-0.15, -0.1) is 0 Å². The fraction of sp³-hybridized carbons (Fsp3) is 0.846. The lowest BCUT2D eigenvalue weighted by Gasteiger charge is -2.11. The quantitative estimate of drug-likeness (QED) is 0.633. The predicted octanol–water partition coefficient (Wildman–Crippen LogP) is 2.42. The minimum absolute atomic E-state index is 0.150. The zero-order chi connectivity index (χ0) is 13.2. The summed E-state index contributed by atoms with van der Waals surface area (Å²) in [5, 5.41) is 11.5. The molecule has 0 unspecified atom stereocenters. The minimum atomic E-state index is -0.724. The third-order valence-electron chi connectivity index (χ3n) is 3.13. The SMILES string of the molecule is O=C(O)CCCCCSCC(=O)NC1CCCC1. The van der Waals surface area contributed by atoms with Gasteiger partial charge in [0.25, 0.3) is 0 Å². The van der Waals surface area contributed by atoms with Gasteiger partial charge in [0.1, 0.15) is 0 Å². The standard InChI is InChI=1S/C13H23NO3S/c15-12(14-11-6-3-4-7-11)10-18-9-5-1-2-8-13(16)17/h11H,1-10H2,(H,14,15)(H,16,17). The molecule has 0 aromatic carbocycles. The largest absolute Gasteiger partial charge is 0.481 e. The maximum atomic E-state index is 11.6. The average molecular weight is 273 g/mol. The topological polar surface area (TPSA) is 66.4 Å². The molecule has 0 aromatic heterocycles. The summed E-state index contributed by atoms with van der Waals surface area (Å²) >= 11 is 1.64. The normalized spacial score (nSPS) is 15.8. The molecule has 0 heterocycles. The average Bonchev–Trinajstić information content (AvgIpc) is 2.80. The first kappa shape index (κ1) is 15.3. The molecule has 0 bridgehead atoms. The van der Waals surface area contributed by atoms with E-state index in [4.69, 9.17) is 5.11 Å². The summed E-state index contributed by atoms with van der Waals surface area (Å²) in [5.74, 6) is 0.906. The van der Waals surface area contributed by atoms with Crippen LogP contribution in [0.1, 0.15) is 51.4 Å². The van der Waals surface area contributed by atoms with Gasteiger partial charge in [0.15, 0.2) is 0 Å². The van der Waals surface area contributed by atoms with Crippen LogP contribution in [0.25, 0.3) is 0 Å². The van der Waals surface area contributed by atoms with Crippen molar-refractivity contribution in [3.8, 4) is 0 Å². The van der Waals surface area contributed by atoms with E-state index in [1.807, 2.05) is 0 Å². The molecule has 0 saturated heterocycles. The first-order valence-electron chi connectivity index (χ1n) is 6.77. The molecule has 18 heavy (non-hydrogen) atoms. The number of hydrogen-bond acceptors (Lipinski definition) is 3. The number of nitrogens with one attached hydrogen (secondary N) is 1. The number of carbonyl (C=O) groups excluding carboxylic acids is 1. The number of unbranched alkanes of at least 4 members (excludes halogenated alkanes) is 2. The highest BCUT2D eigenvalue weighted by Crippen LogP contribution is 2.17. The van der Waals surface area contributed by atoms with Gasteiger partial charge in [-0.05, 0) is 31.4 Å². The van der Waals surface area contributed by atoms with E-state index in [2.05, 4.69) is 5.32 Å². The van der Waals surface area contributed by atoms with Crippen molar-refractivity contribution in [1.82, 2.24) is 5.32 Å². The molecule has 0 atom stereocenters. The number of amides is 1. The molecule has 0 aromatic rings. The smallest absolute Gasteiger partial charge is 0.303 e. The first-order chi connectivity index (χ1) is 8.68. The van der Waals surface area contributed by atoms with Crippen LogP contribution in [0, 0.1) is 0 Å². The first-order valence-corrected chi connectivity index (χ1v) is 7.93. The van der Waals surface area contributed by atoms with Gasteiger partial charge in [0.2, 0.25) is 5.91 Å². The van der Waals surface area contributed by atoms with Gasteiger partial charge in [-0.1, -0.05) is 19.3 Å². The molecule has 0 aliphatic heterocycles. The van der Waals surface area contributed by atoms with E-state index in [1.54, 1.807) is 11.8 Å². The molecule has 1 fully saturated rings. The second-order valence-electron chi connectivity index (χ2n) is 4.81. The van der Waals surface area contributed by atoms with E-state index in [0.29, 0.717) is 11.8 Å². The van der Waals surface area contributed by atoms with Gasteiger partial charge in [0, 0.05) is 12.5 Å². The van der Waals surface area contributed by atoms with Gasteiger partial charge in [0.05, 0.1) is 5.75 Å². The van der Waals surface area contributed by atoms with Crippen molar-refractivity contribution in [2.24, 2.45) is 0 Å². The Morgan fingerprint density at radius 2 is 1.89 bits per heavy atom. The maximum absolute atomic E-state index is 11.6. The van der Waals surface area contributed by atoms with E-state index >= 15 is 0 Å². The summed E-state index contributed by atoms with van der Waals surface area (Å²) in [5.41, 5.74) is 0. The van der Waals surface area contributed by atoms with Gasteiger partial charge in [-0.3, -0.25) is 9.59 Å². The van der Waals surface area contributed by atoms with Crippen LogP contribution < -0.4 is 5.32 Å². The molecule has 1 rings (SSSR count). The minimum Gasteiger partial charge on any atom is -0.481 e. The van der Waals surface area contributed by atoms with Crippen LogP contribution in [0.15, 0.2) is 0 Å². The number of carboxylic acid groups (broad SMARTS) is 1. The molecule has 1 aliphatic rings. The highest BCUT2D eigenvalue weighted by atomic mass is 32.2. The van der Waals surface area contributed by atoms with Crippen LogP contribution in [0.5, 0.6) is 0 Å². The predicted molar refractivity (Wildman–Crippen MR) is 73.8 cm³/mol. The Labute approximate surface area is 113 Å². The van der Waals surface area contributed by atoms with E-state index in [-0.39, 0.29) is 12.3 Å². The second kappa shape index (κ2) is 9.25. The molecule has 0 radical (unpaired) electrons. The molecule has 1 saturated carbocycles. The number of thioether (sulfide) groups is 1. The zero-order valence-corrected chi connectivity index (χ0v) is 11.6. The molecular formula is C13H23NO3S. The number of carboxylic acids is 1. The number of carbonyl (C=O) groups is 2. The van der Waals surface area contributed by atoms with Gasteiger partial charge in [-0.25, -0.2) is 0 Å². The zero-order valence-electron chi connectivity index (χ0n) is 10.8. The summed E-state index contributed by atoms with van der Waals surface area (Å²) in [6.45, 7) is 0. The Morgan fingerprint density at radius 3 is 2.56 bits per heavy atom. The van der Waals surface area contributed by atoms with E-state index < -0.39 is 5.97 Å². The molecule has 0 spiro atoms. The van der Waals surface area contributed by atoms with Crippen molar-refractivity contribution in [3.63, 3.8) is 0 Å². The lowest BCUT2D eigenvalue weighted by atomic mass is 10.2. The van der Waals surface area contributed by atoms with E-state index in [9.17, 15) is 9.59 Å². The molecular weight excluding hydrogens is 250 g/mol. The van der Waals surface area contributed by atoms with Crippen molar-refractivity contribution in [1.29, 1.82) is 0 Å². The molecule has 5 heteroatoms. The summed E-state index contributed by atoms with van der Waals surface area (Å²) < 4.78 is 0. The highest BCUT2D eigenvalue weighted by Gasteiger charge is 2.16. The molecule has 104 valence electrons. The Kier molecular flexibility index (Phi) is 7.89. The van der Waals surface area contributed by atoms with Crippen LogP contribution >= 0.6 is 11.8 Å². The molecule has 2 N–H and O–H groups in total. The third-order valence-corrected chi connectivity index (χ3v) is 4.18. The monoisotopic (exact) mass is 273 g/mol. The van der Waals surface area contributed by atoms with Crippen molar-refractivity contribution >= 4 is 23.6 Å². The van der Waals surface area contributed by atoms with E-state index in [1.165, 1.54) is 12.8 Å². The highest BCUT2D eigenvalue weighted by molar-refractivity contribution is 7.99.